The Labute approximate surface area is 150 Å². The van der Waals surface area contributed by atoms with Gasteiger partial charge in [-0.3, -0.25) is 9.89 Å². The second-order valence-electron chi connectivity index (χ2n) is 4.79. The third-order valence-corrected chi connectivity index (χ3v) is 4.22. The summed E-state index contributed by atoms with van der Waals surface area (Å²) in [5.41, 5.74) is 1.94. The predicted molar refractivity (Wildman–Crippen MR) is 97.8 cm³/mol. The number of nitrogens with zero attached hydrogens (tertiary/aromatic N) is 1. The van der Waals surface area contributed by atoms with Gasteiger partial charge >= 0.3 is 0 Å². The number of H-pyrrole nitrogens is 1. The Bertz CT molecular complexity index is 862. The highest BCUT2D eigenvalue weighted by Gasteiger charge is 2.13. The first-order valence-electron chi connectivity index (χ1n) is 6.64. The Balaban J connectivity index is 1.80. The Morgan fingerprint density at radius 1 is 1.17 bits per heavy atom. The van der Waals surface area contributed by atoms with Crippen molar-refractivity contribution in [3.8, 4) is 17.0 Å². The van der Waals surface area contributed by atoms with E-state index in [1.807, 2.05) is 24.3 Å². The van der Waals surface area contributed by atoms with Crippen LogP contribution in [0.1, 0.15) is 10.4 Å². The molecule has 0 aliphatic carbocycles. The minimum atomic E-state index is -0.438. The van der Waals surface area contributed by atoms with Crippen molar-refractivity contribution in [1.29, 1.82) is 0 Å². The van der Waals surface area contributed by atoms with Gasteiger partial charge in [0.1, 0.15) is 5.75 Å². The number of hydrogen-bond donors (Lipinski definition) is 3. The molecule has 0 spiro atoms. The van der Waals surface area contributed by atoms with Crippen molar-refractivity contribution in [3.05, 3.63) is 62.7 Å². The summed E-state index contributed by atoms with van der Waals surface area (Å²) in [4.78, 5) is 12.2. The fraction of sp³-hybridized carbons (Fsp3) is 0. The average molecular weight is 440 g/mol. The maximum absolute atomic E-state index is 12.2. The van der Waals surface area contributed by atoms with Crippen molar-refractivity contribution in [1.82, 2.24) is 10.2 Å². The first-order valence-corrected chi connectivity index (χ1v) is 8.10. The molecule has 3 rings (SSSR count). The number of aromatic hydroxyl groups is 1. The zero-order valence-electron chi connectivity index (χ0n) is 11.7. The molecule has 0 unspecified atom stereocenters. The topological polar surface area (TPSA) is 78.0 Å². The van der Waals surface area contributed by atoms with Gasteiger partial charge in [0.15, 0.2) is 5.82 Å². The number of carbonyl (C=O) groups excluding carboxylic acids is 1. The normalized spacial score (nSPS) is 10.5. The van der Waals surface area contributed by atoms with E-state index in [1.165, 1.54) is 18.2 Å². The van der Waals surface area contributed by atoms with Gasteiger partial charge in [-0.1, -0.05) is 23.7 Å². The van der Waals surface area contributed by atoms with Crippen LogP contribution in [0.4, 0.5) is 5.82 Å². The first kappa shape index (κ1) is 15.8. The number of phenols is 1. The molecule has 3 N–H and O–H groups in total. The van der Waals surface area contributed by atoms with Gasteiger partial charge in [-0.05, 0) is 58.5 Å². The molecule has 0 aliphatic heterocycles. The Kier molecular flexibility index (Phi) is 4.53. The lowest BCUT2D eigenvalue weighted by Crippen LogP contribution is -2.12. The van der Waals surface area contributed by atoms with Gasteiger partial charge in [-0.2, -0.15) is 5.10 Å². The highest BCUT2D eigenvalue weighted by atomic mass is 127. The third kappa shape index (κ3) is 3.65. The molecular weight excluding hydrogens is 429 g/mol. The van der Waals surface area contributed by atoms with Crippen LogP contribution in [0.25, 0.3) is 11.3 Å². The van der Waals surface area contributed by atoms with Crippen molar-refractivity contribution < 1.29 is 9.90 Å². The van der Waals surface area contributed by atoms with Crippen LogP contribution in [0.2, 0.25) is 5.02 Å². The summed E-state index contributed by atoms with van der Waals surface area (Å²) in [6.07, 6.45) is 0. The maximum Gasteiger partial charge on any atom is 0.258 e. The highest BCUT2D eigenvalue weighted by Crippen LogP contribution is 2.24. The fourth-order valence-corrected chi connectivity index (χ4v) is 2.60. The minimum Gasteiger partial charge on any atom is -0.508 e. The zero-order valence-corrected chi connectivity index (χ0v) is 14.6. The van der Waals surface area contributed by atoms with E-state index in [0.29, 0.717) is 5.82 Å². The smallest absolute Gasteiger partial charge is 0.258 e. The molecule has 5 nitrogen and oxygen atoms in total. The van der Waals surface area contributed by atoms with Gasteiger partial charge in [0, 0.05) is 9.64 Å². The number of nitrogens with one attached hydrogen (secondary N) is 2. The van der Waals surface area contributed by atoms with Crippen LogP contribution in [0.15, 0.2) is 48.5 Å². The molecule has 23 heavy (non-hydrogen) atoms. The minimum absolute atomic E-state index is 0.0267. The second-order valence-corrected chi connectivity index (χ2v) is 6.44. The number of rotatable bonds is 3. The average Bonchev–Trinajstić information content (AvgIpc) is 2.99. The summed E-state index contributed by atoms with van der Waals surface area (Å²) in [6.45, 7) is 0. The van der Waals surface area contributed by atoms with Crippen LogP contribution in [-0.2, 0) is 0 Å². The van der Waals surface area contributed by atoms with Crippen molar-refractivity contribution in [2.75, 3.05) is 5.32 Å². The summed E-state index contributed by atoms with van der Waals surface area (Å²) < 4.78 is 1.14. The van der Waals surface area contributed by atoms with Gasteiger partial charge in [0.05, 0.1) is 16.3 Å². The van der Waals surface area contributed by atoms with E-state index in [-0.39, 0.29) is 16.3 Å². The largest absolute Gasteiger partial charge is 0.508 e. The van der Waals surface area contributed by atoms with Gasteiger partial charge < -0.3 is 10.4 Å². The van der Waals surface area contributed by atoms with Gasteiger partial charge in [0.2, 0.25) is 0 Å². The van der Waals surface area contributed by atoms with Crippen molar-refractivity contribution in [2.45, 2.75) is 0 Å². The molecule has 2 aromatic carbocycles. The van der Waals surface area contributed by atoms with Crippen LogP contribution >= 0.6 is 34.2 Å². The number of benzene rings is 2. The molecule has 1 heterocycles. The Hall–Kier alpha value is -2.06. The van der Waals surface area contributed by atoms with E-state index in [2.05, 4.69) is 38.1 Å². The van der Waals surface area contributed by atoms with E-state index in [9.17, 15) is 9.90 Å². The lowest BCUT2D eigenvalue weighted by molar-refractivity contribution is 0.102. The quantitative estimate of drug-likeness (QED) is 0.533. The molecule has 1 amide bonds. The van der Waals surface area contributed by atoms with E-state index in [1.54, 1.807) is 6.07 Å². The van der Waals surface area contributed by atoms with E-state index < -0.39 is 5.91 Å². The van der Waals surface area contributed by atoms with Gasteiger partial charge in [-0.15, -0.1) is 0 Å². The molecular formula is C16H11ClIN3O2. The number of anilines is 1. The summed E-state index contributed by atoms with van der Waals surface area (Å²) in [5.74, 6) is -0.0873. The standard InChI is InChI=1S/C16H11ClIN3O2/c17-13-6-5-11(22)7-12(13)16(23)19-15-8-14(20-21-15)9-1-3-10(18)4-2-9/h1-8,22H,(H2,19,20,21,23). The van der Waals surface area contributed by atoms with Crippen molar-refractivity contribution >= 4 is 45.9 Å². The van der Waals surface area contributed by atoms with Crippen LogP contribution in [0, 0.1) is 3.57 Å². The molecule has 0 aliphatic rings. The number of carbonyl (C=O) groups is 1. The van der Waals surface area contributed by atoms with Crippen LogP contribution in [0.3, 0.4) is 0 Å². The van der Waals surface area contributed by atoms with Crippen LogP contribution in [-0.4, -0.2) is 21.2 Å². The SMILES string of the molecule is O=C(Nc1cc(-c2ccc(I)cc2)[nH]n1)c1cc(O)ccc1Cl. The number of amides is 1. The van der Waals surface area contributed by atoms with Crippen LogP contribution < -0.4 is 5.32 Å². The number of halogens is 2. The second kappa shape index (κ2) is 6.59. The predicted octanol–water partition coefficient (Wildman–Crippen LogP) is 4.29. The molecule has 116 valence electrons. The molecule has 0 fully saturated rings. The van der Waals surface area contributed by atoms with Crippen LogP contribution in [0.5, 0.6) is 5.75 Å². The van der Waals surface area contributed by atoms with E-state index >= 15 is 0 Å². The first-order chi connectivity index (χ1) is 11.0. The number of hydrogen-bond acceptors (Lipinski definition) is 3. The van der Waals surface area contributed by atoms with Gasteiger partial charge in [-0.25, -0.2) is 0 Å². The fourth-order valence-electron chi connectivity index (χ4n) is 2.03. The molecule has 0 atom stereocenters. The maximum atomic E-state index is 12.2. The summed E-state index contributed by atoms with van der Waals surface area (Å²) >= 11 is 8.21. The number of phenolic OH excluding ortho intramolecular Hbond substituents is 1. The molecule has 7 heteroatoms. The van der Waals surface area contributed by atoms with E-state index in [0.717, 1.165) is 14.8 Å². The lowest BCUT2D eigenvalue weighted by Gasteiger charge is -2.04. The molecule has 0 bridgehead atoms. The zero-order chi connectivity index (χ0) is 16.4. The summed E-state index contributed by atoms with van der Waals surface area (Å²) in [7, 11) is 0. The summed E-state index contributed by atoms with van der Waals surface area (Å²) in [6, 6.07) is 13.8. The number of aromatic nitrogens is 2. The van der Waals surface area contributed by atoms with Crippen molar-refractivity contribution in [2.24, 2.45) is 0 Å². The molecule has 0 saturated heterocycles. The monoisotopic (exact) mass is 439 g/mol. The Morgan fingerprint density at radius 2 is 1.91 bits per heavy atom. The van der Waals surface area contributed by atoms with E-state index in [4.69, 9.17) is 11.6 Å². The third-order valence-electron chi connectivity index (χ3n) is 3.17. The molecule has 0 radical (unpaired) electrons. The number of aromatic amines is 1. The molecule has 0 saturated carbocycles. The lowest BCUT2D eigenvalue weighted by atomic mass is 10.1. The highest BCUT2D eigenvalue weighted by molar-refractivity contribution is 14.1. The van der Waals surface area contributed by atoms with Gasteiger partial charge in [0.25, 0.3) is 5.91 Å². The summed E-state index contributed by atoms with van der Waals surface area (Å²) in [5, 5.41) is 19.3. The van der Waals surface area contributed by atoms with Crippen molar-refractivity contribution in [3.63, 3.8) is 0 Å². The molecule has 3 aromatic rings. The Morgan fingerprint density at radius 3 is 2.65 bits per heavy atom. The molecule has 1 aromatic heterocycles.